The lowest BCUT2D eigenvalue weighted by Crippen LogP contribution is -2.27. The lowest BCUT2D eigenvalue weighted by Gasteiger charge is -2.12. The van der Waals surface area contributed by atoms with Crippen LogP contribution in [0.15, 0.2) is 22.7 Å². The topological polar surface area (TPSA) is 12.0 Å². The summed E-state index contributed by atoms with van der Waals surface area (Å²) in [6.45, 7) is 2.93. The SMILES string of the molecule is CC1(NCc2cc(F)ccc2Br)CC1. The van der Waals surface area contributed by atoms with Gasteiger partial charge < -0.3 is 5.32 Å². The van der Waals surface area contributed by atoms with Crippen molar-refractivity contribution in [2.24, 2.45) is 0 Å². The number of hydrogen-bond donors (Lipinski definition) is 1. The molecule has 1 aliphatic carbocycles. The molecule has 2 rings (SSSR count). The quantitative estimate of drug-likeness (QED) is 0.877. The van der Waals surface area contributed by atoms with Crippen molar-refractivity contribution in [1.82, 2.24) is 5.32 Å². The highest BCUT2D eigenvalue weighted by Gasteiger charge is 2.36. The fourth-order valence-electron chi connectivity index (χ4n) is 1.35. The van der Waals surface area contributed by atoms with Crippen LogP contribution in [0.25, 0.3) is 0 Å². The molecule has 0 saturated heterocycles. The molecular weight excluding hydrogens is 245 g/mol. The first-order valence-corrected chi connectivity index (χ1v) is 5.57. The molecule has 0 radical (unpaired) electrons. The second kappa shape index (κ2) is 3.63. The molecule has 3 heteroatoms. The molecule has 0 atom stereocenters. The van der Waals surface area contributed by atoms with Gasteiger partial charge in [0.1, 0.15) is 5.82 Å². The van der Waals surface area contributed by atoms with Crippen molar-refractivity contribution >= 4 is 15.9 Å². The molecule has 1 aromatic carbocycles. The fraction of sp³-hybridized carbons (Fsp3) is 0.455. The Morgan fingerprint density at radius 3 is 2.86 bits per heavy atom. The first kappa shape index (κ1) is 10.1. The molecule has 1 saturated carbocycles. The van der Waals surface area contributed by atoms with Crippen LogP contribution in [0.3, 0.4) is 0 Å². The summed E-state index contributed by atoms with van der Waals surface area (Å²) >= 11 is 3.41. The van der Waals surface area contributed by atoms with Crippen molar-refractivity contribution < 1.29 is 4.39 Å². The summed E-state index contributed by atoms with van der Waals surface area (Å²) in [5, 5.41) is 3.42. The van der Waals surface area contributed by atoms with E-state index in [4.69, 9.17) is 0 Å². The predicted molar refractivity (Wildman–Crippen MR) is 58.6 cm³/mol. The highest BCUT2D eigenvalue weighted by molar-refractivity contribution is 9.10. The highest BCUT2D eigenvalue weighted by atomic mass is 79.9. The van der Waals surface area contributed by atoms with Crippen LogP contribution < -0.4 is 5.32 Å². The van der Waals surface area contributed by atoms with Crippen LogP contribution >= 0.6 is 15.9 Å². The van der Waals surface area contributed by atoms with Crippen LogP contribution in [0.5, 0.6) is 0 Å². The van der Waals surface area contributed by atoms with Gasteiger partial charge in [-0.3, -0.25) is 0 Å². The zero-order valence-corrected chi connectivity index (χ0v) is 9.70. The van der Waals surface area contributed by atoms with E-state index in [0.717, 1.165) is 16.6 Å². The summed E-state index contributed by atoms with van der Waals surface area (Å²) in [5.74, 6) is -0.175. The third-order valence-electron chi connectivity index (χ3n) is 2.71. The van der Waals surface area contributed by atoms with Gasteiger partial charge in [-0.1, -0.05) is 15.9 Å². The first-order valence-electron chi connectivity index (χ1n) is 4.78. The lowest BCUT2D eigenvalue weighted by atomic mass is 10.2. The van der Waals surface area contributed by atoms with Gasteiger partial charge in [0.25, 0.3) is 0 Å². The van der Waals surface area contributed by atoms with E-state index >= 15 is 0 Å². The average molecular weight is 258 g/mol. The molecule has 0 amide bonds. The largest absolute Gasteiger partial charge is 0.307 e. The van der Waals surface area contributed by atoms with Gasteiger partial charge in [0.15, 0.2) is 0 Å². The molecule has 0 heterocycles. The average Bonchev–Trinajstić information content (AvgIpc) is 2.87. The second-order valence-electron chi connectivity index (χ2n) is 4.15. The molecule has 1 fully saturated rings. The molecule has 14 heavy (non-hydrogen) atoms. The van der Waals surface area contributed by atoms with Gasteiger partial charge >= 0.3 is 0 Å². The lowest BCUT2D eigenvalue weighted by molar-refractivity contribution is 0.534. The number of rotatable bonds is 3. The number of hydrogen-bond acceptors (Lipinski definition) is 1. The Kier molecular flexibility index (Phi) is 2.62. The van der Waals surface area contributed by atoms with Crippen molar-refractivity contribution in [2.75, 3.05) is 0 Å². The van der Waals surface area contributed by atoms with Gasteiger partial charge in [-0.2, -0.15) is 0 Å². The Balaban J connectivity index is 2.04. The van der Waals surface area contributed by atoms with Crippen LogP contribution in [-0.2, 0) is 6.54 Å². The number of halogens is 2. The van der Waals surface area contributed by atoms with Gasteiger partial charge in [-0.15, -0.1) is 0 Å². The van der Waals surface area contributed by atoms with E-state index in [1.54, 1.807) is 12.1 Å². The minimum absolute atomic E-state index is 0.175. The molecule has 0 aliphatic heterocycles. The summed E-state index contributed by atoms with van der Waals surface area (Å²) in [6.07, 6.45) is 2.44. The zero-order chi connectivity index (χ0) is 10.2. The molecule has 1 nitrogen and oxygen atoms in total. The van der Waals surface area contributed by atoms with Crippen molar-refractivity contribution in [2.45, 2.75) is 31.8 Å². The molecule has 0 spiro atoms. The smallest absolute Gasteiger partial charge is 0.123 e. The van der Waals surface area contributed by atoms with E-state index in [2.05, 4.69) is 28.2 Å². The maximum absolute atomic E-state index is 12.9. The van der Waals surface area contributed by atoms with E-state index in [0.29, 0.717) is 5.54 Å². The first-order chi connectivity index (χ1) is 6.59. The third kappa shape index (κ3) is 2.34. The van der Waals surface area contributed by atoms with Gasteiger partial charge in [-0.05, 0) is 43.5 Å². The molecule has 0 aromatic heterocycles. The summed E-state index contributed by atoms with van der Waals surface area (Å²) in [7, 11) is 0. The number of benzene rings is 1. The van der Waals surface area contributed by atoms with Crippen molar-refractivity contribution in [3.63, 3.8) is 0 Å². The molecule has 1 aliphatic rings. The Bertz CT molecular complexity index is 347. The van der Waals surface area contributed by atoms with Crippen molar-refractivity contribution in [3.05, 3.63) is 34.1 Å². The van der Waals surface area contributed by atoms with Crippen LogP contribution in [-0.4, -0.2) is 5.54 Å². The van der Waals surface area contributed by atoms with Crippen LogP contribution in [0.4, 0.5) is 4.39 Å². The van der Waals surface area contributed by atoms with Gasteiger partial charge in [0, 0.05) is 16.6 Å². The van der Waals surface area contributed by atoms with Crippen LogP contribution in [0, 0.1) is 5.82 Å². The van der Waals surface area contributed by atoms with E-state index in [1.807, 2.05) is 0 Å². The Morgan fingerprint density at radius 2 is 2.21 bits per heavy atom. The monoisotopic (exact) mass is 257 g/mol. The molecular formula is C11H13BrFN. The van der Waals surface area contributed by atoms with Crippen LogP contribution in [0.2, 0.25) is 0 Å². The second-order valence-corrected chi connectivity index (χ2v) is 5.00. The summed E-state index contributed by atoms with van der Waals surface area (Å²) in [6, 6.07) is 4.79. The fourth-order valence-corrected chi connectivity index (χ4v) is 1.74. The highest BCUT2D eigenvalue weighted by Crippen LogP contribution is 2.34. The van der Waals surface area contributed by atoms with Gasteiger partial charge in [0.2, 0.25) is 0 Å². The summed E-state index contributed by atoms with van der Waals surface area (Å²) in [4.78, 5) is 0. The minimum Gasteiger partial charge on any atom is -0.307 e. The maximum Gasteiger partial charge on any atom is 0.123 e. The summed E-state index contributed by atoms with van der Waals surface area (Å²) in [5.41, 5.74) is 1.28. The van der Waals surface area contributed by atoms with E-state index in [9.17, 15) is 4.39 Å². The Hall–Kier alpha value is -0.410. The van der Waals surface area contributed by atoms with E-state index in [-0.39, 0.29) is 5.82 Å². The van der Waals surface area contributed by atoms with Gasteiger partial charge in [-0.25, -0.2) is 4.39 Å². The van der Waals surface area contributed by atoms with Gasteiger partial charge in [0.05, 0.1) is 0 Å². The minimum atomic E-state index is -0.175. The molecule has 76 valence electrons. The predicted octanol–water partition coefficient (Wildman–Crippen LogP) is 3.23. The molecule has 0 bridgehead atoms. The molecule has 1 N–H and O–H groups in total. The van der Waals surface area contributed by atoms with Crippen LogP contribution in [0.1, 0.15) is 25.3 Å². The van der Waals surface area contributed by atoms with Crippen molar-refractivity contribution in [3.8, 4) is 0 Å². The summed E-state index contributed by atoms with van der Waals surface area (Å²) < 4.78 is 13.9. The molecule has 0 unspecified atom stereocenters. The maximum atomic E-state index is 12.9. The molecule has 1 aromatic rings. The van der Waals surface area contributed by atoms with Crippen molar-refractivity contribution in [1.29, 1.82) is 0 Å². The Morgan fingerprint density at radius 1 is 1.50 bits per heavy atom. The third-order valence-corrected chi connectivity index (χ3v) is 3.49. The van der Waals surface area contributed by atoms with E-state index in [1.165, 1.54) is 18.9 Å². The standard InChI is InChI=1S/C11H13BrFN/c1-11(4-5-11)14-7-8-6-9(13)2-3-10(8)12/h2-3,6,14H,4-5,7H2,1H3. The zero-order valence-electron chi connectivity index (χ0n) is 8.11. The normalized spacial score (nSPS) is 18.2. The Labute approximate surface area is 91.8 Å². The number of nitrogens with one attached hydrogen (secondary N) is 1. The van der Waals surface area contributed by atoms with E-state index < -0.39 is 0 Å².